The number of hydrogen-bond acceptors (Lipinski definition) is 4. The van der Waals surface area contributed by atoms with E-state index >= 15 is 0 Å². The number of nitrogen functional groups attached to an aromatic ring is 2. The molecule has 0 fully saturated rings. The summed E-state index contributed by atoms with van der Waals surface area (Å²) in [6.07, 6.45) is 5.34. The largest absolute Gasteiger partial charge is 0.384 e. The minimum Gasteiger partial charge on any atom is -0.384 e. The summed E-state index contributed by atoms with van der Waals surface area (Å²) in [4.78, 5) is 24.0. The standard InChI is InChI=1S/C23H30N6O2/c24-22(25)16-8-12-18(13-9-16)28-20(30)6-4-2-1-3-5-7-21(31)29-19-14-10-17(11-15-19)23(26)27/h8-15H,1-7H2,(H3,24,25)(H3,26,27)(H,28,30)(H,29,31). The van der Waals surface area contributed by atoms with Crippen LogP contribution in [0.15, 0.2) is 48.5 Å². The van der Waals surface area contributed by atoms with Crippen molar-refractivity contribution in [2.45, 2.75) is 44.9 Å². The molecule has 8 nitrogen and oxygen atoms in total. The number of nitrogens with one attached hydrogen (secondary N) is 4. The van der Waals surface area contributed by atoms with Crippen LogP contribution in [0, 0.1) is 10.8 Å². The van der Waals surface area contributed by atoms with Gasteiger partial charge in [0.1, 0.15) is 11.7 Å². The molecule has 0 radical (unpaired) electrons. The SMILES string of the molecule is N=C(N)c1ccc(NC(=O)CCCCCCCC(=O)Nc2ccc(C(=N)N)cc2)cc1. The molecular weight excluding hydrogens is 392 g/mol. The number of carbonyl (C=O) groups excluding carboxylic acids is 2. The van der Waals surface area contributed by atoms with Gasteiger partial charge in [0, 0.05) is 35.3 Å². The molecule has 164 valence electrons. The van der Waals surface area contributed by atoms with E-state index in [1.165, 1.54) is 0 Å². The third kappa shape index (κ3) is 8.69. The van der Waals surface area contributed by atoms with E-state index in [1.807, 2.05) is 0 Å². The highest BCUT2D eigenvalue weighted by molar-refractivity contribution is 5.97. The van der Waals surface area contributed by atoms with Crippen molar-refractivity contribution in [1.82, 2.24) is 0 Å². The van der Waals surface area contributed by atoms with Crippen LogP contribution in [0.4, 0.5) is 11.4 Å². The average molecular weight is 423 g/mol. The van der Waals surface area contributed by atoms with Crippen LogP contribution in [0.1, 0.15) is 56.1 Å². The molecule has 0 aliphatic carbocycles. The third-order valence-electron chi connectivity index (χ3n) is 4.77. The third-order valence-corrected chi connectivity index (χ3v) is 4.77. The van der Waals surface area contributed by atoms with E-state index in [1.54, 1.807) is 48.5 Å². The highest BCUT2D eigenvalue weighted by atomic mass is 16.2. The van der Waals surface area contributed by atoms with E-state index in [9.17, 15) is 9.59 Å². The molecule has 0 saturated carbocycles. The van der Waals surface area contributed by atoms with Gasteiger partial charge in [0.05, 0.1) is 0 Å². The fourth-order valence-corrected chi connectivity index (χ4v) is 3.01. The number of nitrogens with two attached hydrogens (primary N) is 2. The lowest BCUT2D eigenvalue weighted by molar-refractivity contribution is -0.117. The number of anilines is 2. The lowest BCUT2D eigenvalue weighted by Gasteiger charge is -2.07. The lowest BCUT2D eigenvalue weighted by atomic mass is 10.1. The maximum absolute atomic E-state index is 12.0. The van der Waals surface area contributed by atoms with Gasteiger partial charge in [-0.3, -0.25) is 20.4 Å². The molecule has 2 aromatic carbocycles. The second-order valence-corrected chi connectivity index (χ2v) is 7.35. The van der Waals surface area contributed by atoms with Crippen molar-refractivity contribution in [2.75, 3.05) is 10.6 Å². The van der Waals surface area contributed by atoms with E-state index in [2.05, 4.69) is 10.6 Å². The number of rotatable bonds is 12. The lowest BCUT2D eigenvalue weighted by Crippen LogP contribution is -2.13. The van der Waals surface area contributed by atoms with Gasteiger partial charge in [0.15, 0.2) is 0 Å². The van der Waals surface area contributed by atoms with Crippen molar-refractivity contribution in [3.8, 4) is 0 Å². The van der Waals surface area contributed by atoms with Crippen molar-refractivity contribution in [3.63, 3.8) is 0 Å². The van der Waals surface area contributed by atoms with Gasteiger partial charge in [-0.05, 0) is 61.4 Å². The first-order valence-electron chi connectivity index (χ1n) is 10.3. The summed E-state index contributed by atoms with van der Waals surface area (Å²) in [6, 6.07) is 13.7. The number of benzene rings is 2. The smallest absolute Gasteiger partial charge is 0.224 e. The molecule has 8 N–H and O–H groups in total. The second-order valence-electron chi connectivity index (χ2n) is 7.35. The summed E-state index contributed by atoms with van der Waals surface area (Å²) in [7, 11) is 0. The van der Waals surface area contributed by atoms with Crippen molar-refractivity contribution in [2.24, 2.45) is 11.5 Å². The zero-order valence-corrected chi connectivity index (χ0v) is 17.5. The van der Waals surface area contributed by atoms with Crippen LogP contribution < -0.4 is 22.1 Å². The maximum atomic E-state index is 12.0. The van der Waals surface area contributed by atoms with Crippen LogP contribution in [-0.4, -0.2) is 23.5 Å². The summed E-state index contributed by atoms with van der Waals surface area (Å²) < 4.78 is 0. The van der Waals surface area contributed by atoms with E-state index in [0.717, 1.165) is 32.1 Å². The molecule has 0 aliphatic rings. The molecule has 0 atom stereocenters. The topological polar surface area (TPSA) is 158 Å². The number of carbonyl (C=O) groups is 2. The predicted molar refractivity (Wildman–Crippen MR) is 124 cm³/mol. The Kier molecular flexibility index (Phi) is 9.22. The van der Waals surface area contributed by atoms with E-state index in [-0.39, 0.29) is 23.5 Å². The predicted octanol–water partition coefficient (Wildman–Crippen LogP) is 3.56. The fraction of sp³-hybridized carbons (Fsp3) is 0.304. The molecule has 0 spiro atoms. The Morgan fingerprint density at radius 3 is 1.26 bits per heavy atom. The van der Waals surface area contributed by atoms with E-state index in [4.69, 9.17) is 22.3 Å². The van der Waals surface area contributed by atoms with Crippen molar-refractivity contribution < 1.29 is 9.59 Å². The summed E-state index contributed by atoms with van der Waals surface area (Å²) in [5.74, 6) is -0.0751. The summed E-state index contributed by atoms with van der Waals surface area (Å²) in [6.45, 7) is 0. The summed E-state index contributed by atoms with van der Waals surface area (Å²) in [5.41, 5.74) is 13.4. The van der Waals surface area contributed by atoms with Gasteiger partial charge in [-0.25, -0.2) is 0 Å². The van der Waals surface area contributed by atoms with Crippen molar-refractivity contribution in [1.29, 1.82) is 10.8 Å². The van der Waals surface area contributed by atoms with Gasteiger partial charge in [-0.15, -0.1) is 0 Å². The zero-order chi connectivity index (χ0) is 22.6. The Balaban J connectivity index is 1.53. The first-order valence-corrected chi connectivity index (χ1v) is 10.3. The Morgan fingerprint density at radius 2 is 0.935 bits per heavy atom. The van der Waals surface area contributed by atoms with Crippen LogP contribution in [0.3, 0.4) is 0 Å². The highest BCUT2D eigenvalue weighted by Gasteiger charge is 2.05. The van der Waals surface area contributed by atoms with Crippen LogP contribution in [0.25, 0.3) is 0 Å². The number of amides is 2. The van der Waals surface area contributed by atoms with Crippen molar-refractivity contribution >= 4 is 34.9 Å². The first kappa shape index (κ1) is 23.6. The van der Waals surface area contributed by atoms with Crippen LogP contribution >= 0.6 is 0 Å². The van der Waals surface area contributed by atoms with Crippen LogP contribution in [0.2, 0.25) is 0 Å². The minimum absolute atomic E-state index is 0.00122. The Hall–Kier alpha value is -3.68. The number of hydrogen-bond donors (Lipinski definition) is 6. The van der Waals surface area contributed by atoms with Gasteiger partial charge in [0.25, 0.3) is 0 Å². The molecule has 2 rings (SSSR count). The van der Waals surface area contributed by atoms with Crippen molar-refractivity contribution in [3.05, 3.63) is 59.7 Å². The molecule has 0 saturated heterocycles. The molecule has 2 aromatic rings. The fourth-order valence-electron chi connectivity index (χ4n) is 3.01. The molecule has 8 heteroatoms. The molecule has 31 heavy (non-hydrogen) atoms. The molecule has 0 aliphatic heterocycles. The minimum atomic E-state index is -0.0363. The molecule has 0 unspecified atom stereocenters. The normalized spacial score (nSPS) is 10.3. The molecule has 0 aromatic heterocycles. The van der Waals surface area contributed by atoms with E-state index in [0.29, 0.717) is 35.3 Å². The first-order chi connectivity index (χ1) is 14.8. The second kappa shape index (κ2) is 12.1. The van der Waals surface area contributed by atoms with Crippen LogP contribution in [-0.2, 0) is 9.59 Å². The maximum Gasteiger partial charge on any atom is 0.224 e. The van der Waals surface area contributed by atoms with Gasteiger partial charge in [-0.2, -0.15) is 0 Å². The van der Waals surface area contributed by atoms with E-state index < -0.39 is 0 Å². The van der Waals surface area contributed by atoms with Gasteiger partial charge in [-0.1, -0.05) is 19.3 Å². The molecule has 0 bridgehead atoms. The van der Waals surface area contributed by atoms with Gasteiger partial charge >= 0.3 is 0 Å². The number of amidine groups is 2. The molecule has 2 amide bonds. The highest BCUT2D eigenvalue weighted by Crippen LogP contribution is 2.13. The Bertz CT molecular complexity index is 831. The average Bonchev–Trinajstić information content (AvgIpc) is 2.73. The zero-order valence-electron chi connectivity index (χ0n) is 17.5. The summed E-state index contributed by atoms with van der Waals surface area (Å²) >= 11 is 0. The molecular formula is C23H30N6O2. The monoisotopic (exact) mass is 422 g/mol. The van der Waals surface area contributed by atoms with Crippen LogP contribution in [0.5, 0.6) is 0 Å². The molecule has 0 heterocycles. The summed E-state index contributed by atoms with van der Waals surface area (Å²) in [5, 5.41) is 20.4. The quantitative estimate of drug-likeness (QED) is 0.175. The number of unbranched alkanes of at least 4 members (excludes halogenated alkanes) is 4. The van der Waals surface area contributed by atoms with Gasteiger partial charge < -0.3 is 22.1 Å². The van der Waals surface area contributed by atoms with Gasteiger partial charge in [0.2, 0.25) is 11.8 Å². The Labute approximate surface area is 182 Å². The Morgan fingerprint density at radius 1 is 0.613 bits per heavy atom.